The van der Waals surface area contributed by atoms with Crippen molar-refractivity contribution < 1.29 is 0 Å². The number of allylic oxidation sites excluding steroid dienone is 2. The minimum Gasteiger partial charge on any atom is -0.231 e. The van der Waals surface area contributed by atoms with E-state index in [9.17, 15) is 0 Å². The first-order chi connectivity index (χ1) is 4.88. The van der Waals surface area contributed by atoms with E-state index in [1.54, 1.807) is 0 Å². The molecule has 1 atom stereocenters. The predicted molar refractivity (Wildman–Crippen MR) is 44.8 cm³/mol. The molecule has 0 amide bonds. The normalized spacial score (nSPS) is 29.5. The van der Waals surface area contributed by atoms with E-state index in [2.05, 4.69) is 22.1 Å². The van der Waals surface area contributed by atoms with Crippen LogP contribution in [0.5, 0.6) is 0 Å². The van der Waals surface area contributed by atoms with Gasteiger partial charge in [0, 0.05) is 0 Å². The Balaban J connectivity index is 2.36. The lowest BCUT2D eigenvalue weighted by atomic mass is 10.00. The fourth-order valence-electron chi connectivity index (χ4n) is 1.09. The minimum atomic E-state index is 0.370. The van der Waals surface area contributed by atoms with Crippen LogP contribution in [0.1, 0.15) is 6.92 Å². The van der Waals surface area contributed by atoms with Gasteiger partial charge in [0.05, 0.1) is 23.9 Å². The van der Waals surface area contributed by atoms with Crippen molar-refractivity contribution in [3.63, 3.8) is 0 Å². The van der Waals surface area contributed by atoms with Crippen LogP contribution in [0.2, 0.25) is 0 Å². The Labute approximate surface area is 64.4 Å². The molecule has 52 valence electrons. The molecule has 0 saturated heterocycles. The average molecular weight is 152 g/mol. The molecule has 2 nitrogen and oxygen atoms in total. The maximum Gasteiger partial charge on any atom is 0.0827 e. The topological polar surface area (TPSA) is 24.4 Å². The monoisotopic (exact) mass is 152 g/mol. The smallest absolute Gasteiger partial charge is 0.0827 e. The van der Waals surface area contributed by atoms with Crippen LogP contribution in [-0.2, 0) is 0 Å². The van der Waals surface area contributed by atoms with Crippen molar-refractivity contribution >= 4 is 17.8 Å². The highest BCUT2D eigenvalue weighted by molar-refractivity contribution is 7.96. The fraction of sp³-hybridized carbons (Fsp3) is 0.286. The lowest BCUT2D eigenvalue weighted by molar-refractivity contribution is 0.937. The zero-order valence-electron chi connectivity index (χ0n) is 5.66. The quantitative estimate of drug-likeness (QED) is 0.532. The van der Waals surface area contributed by atoms with Gasteiger partial charge in [-0.05, 0) is 18.6 Å². The van der Waals surface area contributed by atoms with Crippen molar-refractivity contribution in [2.45, 2.75) is 13.0 Å². The summed E-state index contributed by atoms with van der Waals surface area (Å²) in [6, 6.07) is 0.370. The zero-order chi connectivity index (χ0) is 6.97. The molecule has 0 bridgehead atoms. The maximum atomic E-state index is 4.20. The lowest BCUT2D eigenvalue weighted by Gasteiger charge is -2.12. The average Bonchev–Trinajstić information content (AvgIpc) is 2.36. The van der Waals surface area contributed by atoms with Gasteiger partial charge in [-0.15, -0.1) is 0 Å². The summed E-state index contributed by atoms with van der Waals surface area (Å²) in [5, 5.41) is 0. The van der Waals surface area contributed by atoms with E-state index in [0.717, 1.165) is 5.71 Å². The van der Waals surface area contributed by atoms with Gasteiger partial charge in [-0.3, -0.25) is 0 Å². The van der Waals surface area contributed by atoms with Gasteiger partial charge >= 0.3 is 0 Å². The molecule has 1 N–H and O–H groups in total. The molecule has 1 aliphatic heterocycles. The van der Waals surface area contributed by atoms with Crippen LogP contribution in [-0.4, -0.2) is 11.8 Å². The molecule has 2 aliphatic rings. The summed E-state index contributed by atoms with van der Waals surface area (Å²) in [7, 11) is 0. The van der Waals surface area contributed by atoms with Crippen LogP contribution in [0, 0.1) is 0 Å². The first-order valence-corrected chi connectivity index (χ1v) is 3.99. The predicted octanol–water partition coefficient (Wildman–Crippen LogP) is 1.48. The highest BCUT2D eigenvalue weighted by Gasteiger charge is 2.22. The largest absolute Gasteiger partial charge is 0.231 e. The molecule has 2 rings (SSSR count). The maximum absolute atomic E-state index is 4.20. The highest BCUT2D eigenvalue weighted by Crippen LogP contribution is 2.20. The summed E-state index contributed by atoms with van der Waals surface area (Å²) in [6.45, 7) is 2.11. The molecule has 10 heavy (non-hydrogen) atoms. The van der Waals surface area contributed by atoms with Gasteiger partial charge < -0.3 is 0 Å². The number of hydrogen-bond donors (Lipinski definition) is 1. The highest BCUT2D eigenvalue weighted by atomic mass is 32.2. The Hall–Kier alpha value is -0.540. The number of hydrogen-bond acceptors (Lipinski definition) is 3. The second kappa shape index (κ2) is 2.25. The van der Waals surface area contributed by atoms with Gasteiger partial charge in [-0.25, -0.2) is 9.12 Å². The van der Waals surface area contributed by atoms with Crippen LogP contribution >= 0.6 is 12.1 Å². The second-order valence-electron chi connectivity index (χ2n) is 2.43. The van der Waals surface area contributed by atoms with Gasteiger partial charge in [0.15, 0.2) is 0 Å². The molecule has 0 saturated carbocycles. The molecular weight excluding hydrogens is 144 g/mol. The molecule has 0 aromatic heterocycles. The summed E-state index contributed by atoms with van der Waals surface area (Å²) in [4.78, 5) is 0. The Kier molecular flexibility index (Phi) is 1.39. The van der Waals surface area contributed by atoms with Gasteiger partial charge in [0.25, 0.3) is 0 Å². The van der Waals surface area contributed by atoms with Crippen LogP contribution in [0.15, 0.2) is 28.2 Å². The number of nitrogens with zero attached hydrogens (tertiary/aromatic N) is 1. The SMILES string of the molecule is CC1=CC=CC2=NSNC12. The summed E-state index contributed by atoms with van der Waals surface area (Å²) in [6.07, 6.45) is 6.20. The van der Waals surface area contributed by atoms with E-state index < -0.39 is 0 Å². The first kappa shape index (κ1) is 6.19. The van der Waals surface area contributed by atoms with E-state index in [0.29, 0.717) is 6.04 Å². The molecule has 1 heterocycles. The van der Waals surface area contributed by atoms with E-state index in [-0.39, 0.29) is 0 Å². The number of fused-ring (bicyclic) bond motifs is 1. The Morgan fingerprint density at radius 3 is 3.40 bits per heavy atom. The van der Waals surface area contributed by atoms with E-state index in [4.69, 9.17) is 0 Å². The van der Waals surface area contributed by atoms with Crippen LogP contribution in [0.25, 0.3) is 0 Å². The standard InChI is InChI=1S/C7H8N2S/c1-5-3-2-4-6-7(5)9-10-8-6/h2-4,7,9H,1H3. The summed E-state index contributed by atoms with van der Waals surface area (Å²) >= 11 is 1.43. The van der Waals surface area contributed by atoms with Crippen LogP contribution in [0.4, 0.5) is 0 Å². The summed E-state index contributed by atoms with van der Waals surface area (Å²) in [5.74, 6) is 0. The first-order valence-electron chi connectivity index (χ1n) is 3.22. The second-order valence-corrected chi connectivity index (χ2v) is 3.03. The third-order valence-corrected chi connectivity index (χ3v) is 2.34. The minimum absolute atomic E-state index is 0.370. The third kappa shape index (κ3) is 0.822. The molecule has 0 radical (unpaired) electrons. The van der Waals surface area contributed by atoms with Crippen LogP contribution in [0.3, 0.4) is 0 Å². The van der Waals surface area contributed by atoms with Crippen molar-refractivity contribution in [1.29, 1.82) is 0 Å². The Morgan fingerprint density at radius 2 is 2.60 bits per heavy atom. The molecule has 1 unspecified atom stereocenters. The molecule has 1 aliphatic carbocycles. The Morgan fingerprint density at radius 1 is 1.70 bits per heavy atom. The van der Waals surface area contributed by atoms with Gasteiger partial charge in [0.1, 0.15) is 0 Å². The summed E-state index contributed by atoms with van der Waals surface area (Å²) in [5.41, 5.74) is 2.48. The number of rotatable bonds is 0. The van der Waals surface area contributed by atoms with Crippen molar-refractivity contribution in [2.24, 2.45) is 4.40 Å². The Bertz CT molecular complexity index is 240. The molecular formula is C7H8N2S. The van der Waals surface area contributed by atoms with Gasteiger partial charge in [-0.2, -0.15) is 0 Å². The van der Waals surface area contributed by atoms with E-state index in [1.807, 2.05) is 12.2 Å². The van der Waals surface area contributed by atoms with Crippen molar-refractivity contribution in [3.8, 4) is 0 Å². The van der Waals surface area contributed by atoms with Crippen molar-refractivity contribution in [3.05, 3.63) is 23.8 Å². The number of nitrogens with one attached hydrogen (secondary N) is 1. The molecule has 0 fully saturated rings. The fourth-order valence-corrected chi connectivity index (χ4v) is 1.83. The molecule has 3 heteroatoms. The lowest BCUT2D eigenvalue weighted by Crippen LogP contribution is -2.28. The van der Waals surface area contributed by atoms with Crippen molar-refractivity contribution in [2.75, 3.05) is 0 Å². The van der Waals surface area contributed by atoms with E-state index >= 15 is 0 Å². The molecule has 0 aromatic rings. The van der Waals surface area contributed by atoms with Gasteiger partial charge in [-0.1, -0.05) is 12.2 Å². The third-order valence-electron chi connectivity index (χ3n) is 1.70. The summed E-state index contributed by atoms with van der Waals surface area (Å²) < 4.78 is 7.40. The van der Waals surface area contributed by atoms with Gasteiger partial charge in [0.2, 0.25) is 0 Å². The zero-order valence-corrected chi connectivity index (χ0v) is 6.48. The van der Waals surface area contributed by atoms with Crippen LogP contribution < -0.4 is 4.72 Å². The molecule has 0 aromatic carbocycles. The van der Waals surface area contributed by atoms with E-state index in [1.165, 1.54) is 17.7 Å². The molecule has 0 spiro atoms. The van der Waals surface area contributed by atoms with Crippen molar-refractivity contribution in [1.82, 2.24) is 4.72 Å².